The van der Waals surface area contributed by atoms with Crippen LogP contribution in [-0.2, 0) is 18.9 Å². The van der Waals surface area contributed by atoms with Gasteiger partial charge in [-0.25, -0.2) is 0 Å². The third-order valence-corrected chi connectivity index (χ3v) is 4.49. The van der Waals surface area contributed by atoms with Crippen molar-refractivity contribution < 1.29 is 18.9 Å². The van der Waals surface area contributed by atoms with Crippen molar-refractivity contribution in [3.05, 3.63) is 0 Å². The molecular weight excluding hydrogens is 280 g/mol. The Bertz CT molecular complexity index is 260. The van der Waals surface area contributed by atoms with Crippen molar-refractivity contribution in [1.82, 2.24) is 0 Å². The Morgan fingerprint density at radius 2 is 1.50 bits per heavy atom. The molecule has 0 aromatic carbocycles. The molecule has 2 aliphatic rings. The van der Waals surface area contributed by atoms with E-state index in [-0.39, 0.29) is 6.29 Å². The smallest absolute Gasteiger partial charge is 0.157 e. The van der Waals surface area contributed by atoms with Crippen molar-refractivity contribution in [1.29, 1.82) is 0 Å². The van der Waals surface area contributed by atoms with E-state index in [0.717, 1.165) is 58.5 Å². The summed E-state index contributed by atoms with van der Waals surface area (Å²) in [7, 11) is 0. The predicted octanol–water partition coefficient (Wildman–Crippen LogP) is 4.06. The number of unbranched alkanes of at least 4 members (excludes halogenated alkanes) is 3. The third kappa shape index (κ3) is 7.40. The molecule has 22 heavy (non-hydrogen) atoms. The van der Waals surface area contributed by atoms with Gasteiger partial charge in [0.2, 0.25) is 0 Å². The zero-order chi connectivity index (χ0) is 15.5. The minimum absolute atomic E-state index is 0.0598. The number of rotatable bonds is 12. The van der Waals surface area contributed by atoms with E-state index in [1.54, 1.807) is 0 Å². The van der Waals surface area contributed by atoms with E-state index >= 15 is 0 Å². The third-order valence-electron chi connectivity index (χ3n) is 4.49. The van der Waals surface area contributed by atoms with Gasteiger partial charge in [0, 0.05) is 26.4 Å². The molecule has 2 rings (SSSR count). The zero-order valence-electron chi connectivity index (χ0n) is 14.3. The first-order valence-corrected chi connectivity index (χ1v) is 9.35. The highest BCUT2D eigenvalue weighted by atomic mass is 16.7. The summed E-state index contributed by atoms with van der Waals surface area (Å²) in [6, 6.07) is 0. The van der Waals surface area contributed by atoms with Gasteiger partial charge in [-0.2, -0.15) is 0 Å². The molecule has 0 bridgehead atoms. The minimum Gasteiger partial charge on any atom is -0.378 e. The molecule has 1 atom stereocenters. The van der Waals surface area contributed by atoms with Crippen molar-refractivity contribution in [3.63, 3.8) is 0 Å². The fourth-order valence-corrected chi connectivity index (χ4v) is 2.87. The van der Waals surface area contributed by atoms with Crippen LogP contribution in [0.3, 0.4) is 0 Å². The van der Waals surface area contributed by atoms with Gasteiger partial charge < -0.3 is 18.9 Å². The molecule has 1 saturated heterocycles. The Morgan fingerprint density at radius 1 is 0.818 bits per heavy atom. The SMILES string of the molecule is CCCCOC1CC(OCCCCCOC2CCCCO2)C1. The fourth-order valence-electron chi connectivity index (χ4n) is 2.87. The first kappa shape index (κ1) is 18.2. The van der Waals surface area contributed by atoms with Gasteiger partial charge in [-0.3, -0.25) is 0 Å². The monoisotopic (exact) mass is 314 g/mol. The second kappa shape index (κ2) is 11.4. The molecule has 0 aromatic rings. The van der Waals surface area contributed by atoms with Crippen molar-refractivity contribution in [2.75, 3.05) is 26.4 Å². The van der Waals surface area contributed by atoms with Crippen LogP contribution in [0.1, 0.15) is 71.1 Å². The van der Waals surface area contributed by atoms with Crippen LogP contribution < -0.4 is 0 Å². The summed E-state index contributed by atoms with van der Waals surface area (Å²) in [6.07, 6.45) is 12.4. The Balaban J connectivity index is 1.31. The highest BCUT2D eigenvalue weighted by Gasteiger charge is 2.30. The molecule has 1 heterocycles. The quantitative estimate of drug-likeness (QED) is 0.509. The maximum Gasteiger partial charge on any atom is 0.157 e. The van der Waals surface area contributed by atoms with E-state index in [1.807, 2.05) is 0 Å². The van der Waals surface area contributed by atoms with Gasteiger partial charge in [0.05, 0.1) is 12.2 Å². The first-order chi connectivity index (χ1) is 10.9. The molecule has 1 aliphatic heterocycles. The summed E-state index contributed by atoms with van der Waals surface area (Å²) in [6.45, 7) is 5.68. The van der Waals surface area contributed by atoms with Crippen LogP contribution in [0.2, 0.25) is 0 Å². The van der Waals surface area contributed by atoms with Gasteiger partial charge in [-0.15, -0.1) is 0 Å². The number of ether oxygens (including phenoxy) is 4. The lowest BCUT2D eigenvalue weighted by atomic mass is 9.92. The summed E-state index contributed by atoms with van der Waals surface area (Å²) in [5.74, 6) is 0. The maximum absolute atomic E-state index is 5.87. The summed E-state index contributed by atoms with van der Waals surface area (Å²) in [5.41, 5.74) is 0. The highest BCUT2D eigenvalue weighted by molar-refractivity contribution is 4.81. The van der Waals surface area contributed by atoms with Gasteiger partial charge in [-0.1, -0.05) is 13.3 Å². The molecule has 0 aromatic heterocycles. The predicted molar refractivity (Wildman–Crippen MR) is 87.0 cm³/mol. The molecule has 0 radical (unpaired) electrons. The van der Waals surface area contributed by atoms with Gasteiger partial charge in [-0.05, 0) is 57.8 Å². The second-order valence-corrected chi connectivity index (χ2v) is 6.54. The summed E-state index contributed by atoms with van der Waals surface area (Å²) in [5, 5.41) is 0. The Morgan fingerprint density at radius 3 is 2.14 bits per heavy atom. The molecule has 0 amide bonds. The van der Waals surface area contributed by atoms with Crippen LogP contribution in [0.15, 0.2) is 0 Å². The lowest BCUT2D eigenvalue weighted by molar-refractivity contribution is -0.163. The van der Waals surface area contributed by atoms with Crippen molar-refractivity contribution in [2.45, 2.75) is 89.6 Å². The van der Waals surface area contributed by atoms with Crippen LogP contribution in [0, 0.1) is 0 Å². The zero-order valence-corrected chi connectivity index (χ0v) is 14.3. The molecular formula is C18H34O4. The van der Waals surface area contributed by atoms with Gasteiger partial charge in [0.15, 0.2) is 6.29 Å². The van der Waals surface area contributed by atoms with E-state index in [1.165, 1.54) is 32.1 Å². The molecule has 4 nitrogen and oxygen atoms in total. The molecule has 4 heteroatoms. The first-order valence-electron chi connectivity index (χ1n) is 9.35. The standard InChI is InChI=1S/C18H34O4/c1-2-3-10-19-16-14-17(15-16)20-11-6-4-7-12-21-18-9-5-8-13-22-18/h16-18H,2-15H2,1H3. The van der Waals surface area contributed by atoms with Gasteiger partial charge in [0.25, 0.3) is 0 Å². The van der Waals surface area contributed by atoms with E-state index in [4.69, 9.17) is 18.9 Å². The topological polar surface area (TPSA) is 36.9 Å². The number of hydrogen-bond donors (Lipinski definition) is 0. The fraction of sp³-hybridized carbons (Fsp3) is 1.00. The molecule has 1 unspecified atom stereocenters. The van der Waals surface area contributed by atoms with Crippen LogP contribution in [0.4, 0.5) is 0 Å². The van der Waals surface area contributed by atoms with E-state index in [0.29, 0.717) is 12.2 Å². The largest absolute Gasteiger partial charge is 0.378 e. The Kier molecular flexibility index (Phi) is 9.41. The van der Waals surface area contributed by atoms with Gasteiger partial charge >= 0.3 is 0 Å². The molecule has 130 valence electrons. The van der Waals surface area contributed by atoms with E-state index in [9.17, 15) is 0 Å². The van der Waals surface area contributed by atoms with E-state index < -0.39 is 0 Å². The lowest BCUT2D eigenvalue weighted by Crippen LogP contribution is -2.37. The summed E-state index contributed by atoms with van der Waals surface area (Å²) < 4.78 is 22.9. The maximum atomic E-state index is 5.87. The lowest BCUT2D eigenvalue weighted by Gasteiger charge is -2.35. The van der Waals surface area contributed by atoms with Crippen LogP contribution >= 0.6 is 0 Å². The van der Waals surface area contributed by atoms with Crippen molar-refractivity contribution >= 4 is 0 Å². The average molecular weight is 314 g/mol. The summed E-state index contributed by atoms with van der Waals surface area (Å²) >= 11 is 0. The average Bonchev–Trinajstić information content (AvgIpc) is 2.51. The molecule has 1 aliphatic carbocycles. The molecule has 0 N–H and O–H groups in total. The minimum atomic E-state index is 0.0598. The number of hydrogen-bond acceptors (Lipinski definition) is 4. The second-order valence-electron chi connectivity index (χ2n) is 6.54. The normalized spacial score (nSPS) is 28.5. The van der Waals surface area contributed by atoms with Gasteiger partial charge in [0.1, 0.15) is 0 Å². The molecule has 1 saturated carbocycles. The van der Waals surface area contributed by atoms with E-state index in [2.05, 4.69) is 6.92 Å². The summed E-state index contributed by atoms with van der Waals surface area (Å²) in [4.78, 5) is 0. The Hall–Kier alpha value is -0.160. The Labute approximate surface area is 135 Å². The van der Waals surface area contributed by atoms with Crippen LogP contribution in [0.5, 0.6) is 0 Å². The molecule has 2 fully saturated rings. The van der Waals surface area contributed by atoms with Crippen molar-refractivity contribution in [3.8, 4) is 0 Å². The molecule has 0 spiro atoms. The van der Waals surface area contributed by atoms with Crippen LogP contribution in [-0.4, -0.2) is 44.9 Å². The van der Waals surface area contributed by atoms with Crippen LogP contribution in [0.25, 0.3) is 0 Å². The highest BCUT2D eigenvalue weighted by Crippen LogP contribution is 2.26. The van der Waals surface area contributed by atoms with Crippen molar-refractivity contribution in [2.24, 2.45) is 0 Å².